The molecule has 0 saturated carbocycles. The Labute approximate surface area is 136 Å². The van der Waals surface area contributed by atoms with Gasteiger partial charge in [0, 0.05) is 12.0 Å². The van der Waals surface area contributed by atoms with Gasteiger partial charge in [-0.05, 0) is 13.8 Å². The van der Waals surface area contributed by atoms with Gasteiger partial charge in [0.25, 0.3) is 0 Å². The fraction of sp³-hybridized carbons (Fsp3) is 0.786. The zero-order valence-electron chi connectivity index (χ0n) is 13.9. The summed E-state index contributed by atoms with van der Waals surface area (Å²) in [4.78, 5) is 4.19. The van der Waals surface area contributed by atoms with Gasteiger partial charge in [-0.2, -0.15) is 0 Å². The second kappa shape index (κ2) is 9.76. The van der Waals surface area contributed by atoms with E-state index < -0.39 is 11.4 Å². The van der Waals surface area contributed by atoms with Gasteiger partial charge in [0.15, 0.2) is 11.4 Å². The number of nitrogens with zero attached hydrogens (tertiary/aromatic N) is 1. The first-order valence-corrected chi connectivity index (χ1v) is 8.68. The highest BCUT2D eigenvalue weighted by Crippen LogP contribution is 2.35. The van der Waals surface area contributed by atoms with E-state index in [1.807, 2.05) is 41.5 Å². The summed E-state index contributed by atoms with van der Waals surface area (Å²) in [7, 11) is 1.59. The van der Waals surface area contributed by atoms with E-state index in [9.17, 15) is 5.11 Å². The predicted octanol–water partition coefficient (Wildman–Crippen LogP) is 3.82. The van der Waals surface area contributed by atoms with Crippen molar-refractivity contribution in [3.8, 4) is 0 Å². The van der Waals surface area contributed by atoms with Crippen molar-refractivity contribution in [3.05, 3.63) is 11.2 Å². The standard InChI is InChI=1S/C10H15NO4S2.2C2H6/c1-9(2)14-5-10(12,6-15-9)8-11-4-7(16-8)17-13-3;2*1-2/h4,12H,5-6H2,1-3H3;2*1-2H3. The third-order valence-corrected chi connectivity index (χ3v) is 4.24. The van der Waals surface area contributed by atoms with Crippen LogP contribution in [-0.2, 0) is 19.3 Å². The lowest BCUT2D eigenvalue weighted by Gasteiger charge is -2.39. The van der Waals surface area contributed by atoms with Crippen molar-refractivity contribution in [2.45, 2.75) is 57.1 Å². The molecule has 0 spiro atoms. The van der Waals surface area contributed by atoms with E-state index in [4.69, 9.17) is 13.7 Å². The van der Waals surface area contributed by atoms with Gasteiger partial charge >= 0.3 is 0 Å². The third-order valence-electron chi connectivity index (χ3n) is 2.37. The molecule has 0 aliphatic carbocycles. The van der Waals surface area contributed by atoms with Gasteiger partial charge < -0.3 is 18.8 Å². The van der Waals surface area contributed by atoms with Crippen LogP contribution in [0.5, 0.6) is 0 Å². The van der Waals surface area contributed by atoms with E-state index in [0.717, 1.165) is 4.21 Å². The average molecular weight is 338 g/mol. The van der Waals surface area contributed by atoms with Crippen LogP contribution in [0.25, 0.3) is 0 Å². The highest BCUT2D eigenvalue weighted by molar-refractivity contribution is 7.96. The normalized spacial score (nSPS) is 18.9. The number of thiazole rings is 1. The van der Waals surface area contributed by atoms with E-state index in [-0.39, 0.29) is 13.2 Å². The van der Waals surface area contributed by atoms with E-state index in [1.165, 1.54) is 23.4 Å². The first-order valence-electron chi connectivity index (χ1n) is 7.12. The maximum atomic E-state index is 10.4. The first kappa shape index (κ1) is 20.8. The molecule has 2 rings (SSSR count). The van der Waals surface area contributed by atoms with Crippen molar-refractivity contribution in [3.63, 3.8) is 0 Å². The van der Waals surface area contributed by atoms with Crippen LogP contribution in [0.15, 0.2) is 10.4 Å². The summed E-state index contributed by atoms with van der Waals surface area (Å²) in [6.45, 7) is 12.0. The van der Waals surface area contributed by atoms with Crippen LogP contribution in [0.4, 0.5) is 0 Å². The molecule has 1 saturated heterocycles. The smallest absolute Gasteiger partial charge is 0.163 e. The molecule has 21 heavy (non-hydrogen) atoms. The van der Waals surface area contributed by atoms with Gasteiger partial charge in [0.05, 0.1) is 26.5 Å². The van der Waals surface area contributed by atoms with Crippen molar-refractivity contribution in [1.82, 2.24) is 4.98 Å². The van der Waals surface area contributed by atoms with Crippen molar-refractivity contribution in [1.29, 1.82) is 0 Å². The van der Waals surface area contributed by atoms with Crippen molar-refractivity contribution in [2.24, 2.45) is 0 Å². The van der Waals surface area contributed by atoms with Gasteiger partial charge in [0.1, 0.15) is 9.22 Å². The molecule has 5 nitrogen and oxygen atoms in total. The molecule has 124 valence electrons. The van der Waals surface area contributed by atoms with Crippen LogP contribution in [0, 0.1) is 0 Å². The largest absolute Gasteiger partial charge is 0.378 e. The van der Waals surface area contributed by atoms with Crippen LogP contribution >= 0.6 is 23.4 Å². The minimum atomic E-state index is -1.16. The summed E-state index contributed by atoms with van der Waals surface area (Å²) in [5.41, 5.74) is -1.16. The van der Waals surface area contributed by atoms with Gasteiger partial charge in [-0.1, -0.05) is 27.7 Å². The summed E-state index contributed by atoms with van der Waals surface area (Å²) in [6, 6.07) is 0. The molecule has 1 aromatic heterocycles. The zero-order valence-corrected chi connectivity index (χ0v) is 15.6. The average Bonchev–Trinajstić information content (AvgIpc) is 2.97. The van der Waals surface area contributed by atoms with Gasteiger partial charge in [-0.15, -0.1) is 11.3 Å². The van der Waals surface area contributed by atoms with Crippen LogP contribution < -0.4 is 0 Å². The molecule has 0 aromatic carbocycles. The van der Waals surface area contributed by atoms with Crippen LogP contribution in [0.2, 0.25) is 0 Å². The molecule has 1 aromatic rings. The molecule has 2 heterocycles. The summed E-state index contributed by atoms with van der Waals surface area (Å²) in [5.74, 6) is -0.645. The fourth-order valence-electron chi connectivity index (χ4n) is 1.39. The molecule has 0 atom stereocenters. The zero-order chi connectivity index (χ0) is 16.5. The maximum absolute atomic E-state index is 10.4. The highest BCUT2D eigenvalue weighted by Gasteiger charge is 2.42. The lowest BCUT2D eigenvalue weighted by Crippen LogP contribution is -2.49. The number of ether oxygens (including phenoxy) is 2. The number of aromatic nitrogens is 1. The maximum Gasteiger partial charge on any atom is 0.163 e. The molecule has 1 fully saturated rings. The van der Waals surface area contributed by atoms with E-state index >= 15 is 0 Å². The Kier molecular flexibility index (Phi) is 9.68. The highest BCUT2D eigenvalue weighted by atomic mass is 32.2. The minimum Gasteiger partial charge on any atom is -0.378 e. The molecule has 1 aliphatic heterocycles. The molecule has 7 heteroatoms. The van der Waals surface area contributed by atoms with Crippen molar-refractivity contribution >= 4 is 23.4 Å². The van der Waals surface area contributed by atoms with E-state index in [2.05, 4.69) is 4.98 Å². The minimum absolute atomic E-state index is 0.185. The molecule has 0 amide bonds. The Bertz CT molecular complexity index is 386. The predicted molar refractivity (Wildman–Crippen MR) is 87.6 cm³/mol. The van der Waals surface area contributed by atoms with Gasteiger partial charge in [-0.3, -0.25) is 0 Å². The fourth-order valence-corrected chi connectivity index (χ4v) is 2.93. The molecule has 0 radical (unpaired) electrons. The monoisotopic (exact) mass is 337 g/mol. The molecule has 0 bridgehead atoms. The molecule has 0 unspecified atom stereocenters. The topological polar surface area (TPSA) is 60.8 Å². The summed E-state index contributed by atoms with van der Waals surface area (Å²) >= 11 is 2.60. The summed E-state index contributed by atoms with van der Waals surface area (Å²) < 4.78 is 16.7. The second-order valence-corrected chi connectivity index (χ2v) is 6.47. The van der Waals surface area contributed by atoms with E-state index in [1.54, 1.807) is 13.3 Å². The van der Waals surface area contributed by atoms with Gasteiger partial charge in [-0.25, -0.2) is 4.98 Å². The number of aliphatic hydroxyl groups is 1. The SMILES string of the molecule is CC.CC.COSc1cnc(C2(O)COC(C)(C)OC2)s1. The van der Waals surface area contributed by atoms with E-state index in [0.29, 0.717) is 5.01 Å². The molecule has 1 aliphatic rings. The molecule has 1 N–H and O–H groups in total. The number of hydrogen-bond donors (Lipinski definition) is 1. The number of hydrogen-bond acceptors (Lipinski definition) is 7. The van der Waals surface area contributed by atoms with Gasteiger partial charge in [0.2, 0.25) is 0 Å². The molecular weight excluding hydrogens is 310 g/mol. The van der Waals surface area contributed by atoms with Crippen LogP contribution in [0.1, 0.15) is 46.6 Å². The Morgan fingerprint density at radius 1 is 1.24 bits per heavy atom. The van der Waals surface area contributed by atoms with Crippen LogP contribution in [0.3, 0.4) is 0 Å². The Morgan fingerprint density at radius 3 is 2.24 bits per heavy atom. The summed E-state index contributed by atoms with van der Waals surface area (Å²) in [5, 5.41) is 11.0. The number of rotatable bonds is 3. The second-order valence-electron chi connectivity index (χ2n) is 4.24. The lowest BCUT2D eigenvalue weighted by atomic mass is 10.1. The summed E-state index contributed by atoms with van der Waals surface area (Å²) in [6.07, 6.45) is 1.67. The quantitative estimate of drug-likeness (QED) is 0.846. The third kappa shape index (κ3) is 6.22. The first-order chi connectivity index (χ1) is 9.95. The lowest BCUT2D eigenvalue weighted by molar-refractivity contribution is -0.304. The van der Waals surface area contributed by atoms with Crippen molar-refractivity contribution in [2.75, 3.05) is 20.3 Å². The van der Waals surface area contributed by atoms with Crippen molar-refractivity contribution < 1.29 is 18.8 Å². The Hall–Kier alpha value is -0.180. The Balaban J connectivity index is 0.000000921. The Morgan fingerprint density at radius 2 is 1.76 bits per heavy atom. The molecular formula is C14H27NO4S2. The van der Waals surface area contributed by atoms with Crippen LogP contribution in [-0.4, -0.2) is 36.2 Å².